The molecule has 0 radical (unpaired) electrons. The Kier molecular flexibility index (Phi) is 3.40. The molecule has 0 spiro atoms. The largest absolute Gasteiger partial charge is 0.121 e. The summed E-state index contributed by atoms with van der Waals surface area (Å²) >= 11 is 1.98. The van der Waals surface area contributed by atoms with Crippen LogP contribution in [0.5, 0.6) is 0 Å². The number of aryl methyl sites for hydroxylation is 1. The summed E-state index contributed by atoms with van der Waals surface area (Å²) in [6.45, 7) is 6.86. The third-order valence-electron chi connectivity index (χ3n) is 3.94. The Morgan fingerprint density at radius 2 is 1.84 bits per heavy atom. The molecule has 2 aromatic rings. The van der Waals surface area contributed by atoms with Crippen LogP contribution in [0.15, 0.2) is 47.4 Å². The van der Waals surface area contributed by atoms with Crippen LogP contribution in [0.3, 0.4) is 0 Å². The quantitative estimate of drug-likeness (QED) is 0.668. The van der Waals surface area contributed by atoms with Crippen LogP contribution in [0.1, 0.15) is 42.0 Å². The van der Waals surface area contributed by atoms with Crippen LogP contribution in [-0.4, -0.2) is 0 Å². The first kappa shape index (κ1) is 12.8. The lowest BCUT2D eigenvalue weighted by Crippen LogP contribution is -2.10. The molecule has 2 aromatic carbocycles. The molecule has 1 unspecified atom stereocenters. The molecule has 0 nitrogen and oxygen atoms in total. The fraction of sp³-hybridized carbons (Fsp3) is 0.333. The molecule has 1 heterocycles. The van der Waals surface area contributed by atoms with Crippen molar-refractivity contribution in [1.82, 2.24) is 0 Å². The molecule has 1 heteroatoms. The minimum atomic E-state index is 0.529. The molecular weight excluding hydrogens is 248 g/mol. The van der Waals surface area contributed by atoms with Crippen LogP contribution in [0.4, 0.5) is 0 Å². The summed E-state index contributed by atoms with van der Waals surface area (Å²) in [5.41, 5.74) is 5.91. The van der Waals surface area contributed by atoms with E-state index in [0.717, 1.165) is 5.75 Å². The molecule has 0 saturated heterocycles. The van der Waals surface area contributed by atoms with Crippen molar-refractivity contribution in [2.45, 2.75) is 37.3 Å². The molecule has 98 valence electrons. The summed E-state index contributed by atoms with van der Waals surface area (Å²) < 4.78 is 0. The van der Waals surface area contributed by atoms with Crippen LogP contribution < -0.4 is 0 Å². The first-order valence-electron chi connectivity index (χ1n) is 6.98. The minimum Gasteiger partial charge on any atom is -0.121 e. The second kappa shape index (κ2) is 5.05. The molecule has 0 N–H and O–H groups in total. The maximum absolute atomic E-state index is 2.36. The topological polar surface area (TPSA) is 0 Å². The van der Waals surface area contributed by atoms with E-state index < -0.39 is 0 Å². The predicted octanol–water partition coefficient (Wildman–Crippen LogP) is 5.39. The lowest BCUT2D eigenvalue weighted by atomic mass is 9.80. The standard InChI is InChI=1S/C18H20S/c1-12(2)18-15-9-8-13(3)10-14(15)11-19-17-7-5-4-6-16(17)18/h4-10,12,18H,11H2,1-3H3. The highest BCUT2D eigenvalue weighted by Crippen LogP contribution is 2.43. The fourth-order valence-corrected chi connectivity index (χ4v) is 4.17. The number of rotatable bonds is 1. The predicted molar refractivity (Wildman–Crippen MR) is 83.9 cm³/mol. The molecule has 3 rings (SSSR count). The molecule has 1 aliphatic heterocycles. The van der Waals surface area contributed by atoms with E-state index in [-0.39, 0.29) is 0 Å². The van der Waals surface area contributed by atoms with Gasteiger partial charge in [-0.2, -0.15) is 0 Å². The molecular formula is C18H20S. The number of fused-ring (bicyclic) bond motifs is 2. The van der Waals surface area contributed by atoms with Crippen LogP contribution in [0.25, 0.3) is 0 Å². The van der Waals surface area contributed by atoms with Crippen molar-refractivity contribution in [3.05, 3.63) is 64.7 Å². The van der Waals surface area contributed by atoms with Crippen molar-refractivity contribution < 1.29 is 0 Å². The van der Waals surface area contributed by atoms with Gasteiger partial charge in [-0.1, -0.05) is 55.8 Å². The zero-order valence-electron chi connectivity index (χ0n) is 11.8. The monoisotopic (exact) mass is 268 g/mol. The van der Waals surface area contributed by atoms with Gasteiger partial charge < -0.3 is 0 Å². The average Bonchev–Trinajstić information content (AvgIpc) is 2.55. The Labute approximate surface area is 120 Å². The van der Waals surface area contributed by atoms with Gasteiger partial charge in [0.15, 0.2) is 0 Å². The average molecular weight is 268 g/mol. The zero-order chi connectivity index (χ0) is 13.4. The van der Waals surface area contributed by atoms with Crippen LogP contribution >= 0.6 is 11.8 Å². The van der Waals surface area contributed by atoms with E-state index >= 15 is 0 Å². The molecule has 1 atom stereocenters. The van der Waals surface area contributed by atoms with Gasteiger partial charge in [0.25, 0.3) is 0 Å². The van der Waals surface area contributed by atoms with Gasteiger partial charge in [0.2, 0.25) is 0 Å². The number of benzene rings is 2. The molecule has 0 amide bonds. The number of thioether (sulfide) groups is 1. The first-order chi connectivity index (χ1) is 9.16. The maximum Gasteiger partial charge on any atom is 0.0235 e. The molecule has 0 fully saturated rings. The van der Waals surface area contributed by atoms with E-state index in [0.29, 0.717) is 11.8 Å². The SMILES string of the molecule is Cc1ccc2c(c1)CSc1ccccc1C2C(C)C. The Morgan fingerprint density at radius 3 is 2.63 bits per heavy atom. The van der Waals surface area contributed by atoms with Crippen molar-refractivity contribution in [2.75, 3.05) is 0 Å². The summed E-state index contributed by atoms with van der Waals surface area (Å²) in [6, 6.07) is 15.9. The van der Waals surface area contributed by atoms with Crippen molar-refractivity contribution >= 4 is 11.8 Å². The van der Waals surface area contributed by atoms with E-state index in [1.807, 2.05) is 11.8 Å². The van der Waals surface area contributed by atoms with E-state index in [1.54, 1.807) is 0 Å². The van der Waals surface area contributed by atoms with E-state index in [1.165, 1.54) is 27.1 Å². The number of hydrogen-bond donors (Lipinski definition) is 0. The third-order valence-corrected chi connectivity index (χ3v) is 5.08. The lowest BCUT2D eigenvalue weighted by molar-refractivity contribution is 0.556. The van der Waals surface area contributed by atoms with Crippen LogP contribution in [0, 0.1) is 12.8 Å². The smallest absolute Gasteiger partial charge is 0.0235 e. The summed E-state index contributed by atoms with van der Waals surface area (Å²) in [7, 11) is 0. The van der Waals surface area contributed by atoms with Crippen molar-refractivity contribution in [3.63, 3.8) is 0 Å². The number of hydrogen-bond acceptors (Lipinski definition) is 1. The van der Waals surface area contributed by atoms with Gasteiger partial charge in [0.05, 0.1) is 0 Å². The van der Waals surface area contributed by atoms with E-state index in [4.69, 9.17) is 0 Å². The van der Waals surface area contributed by atoms with Gasteiger partial charge in [0, 0.05) is 16.6 Å². The van der Waals surface area contributed by atoms with Gasteiger partial charge in [0.1, 0.15) is 0 Å². The second-order valence-electron chi connectivity index (χ2n) is 5.75. The maximum atomic E-state index is 2.36. The highest BCUT2D eigenvalue weighted by Gasteiger charge is 2.26. The highest BCUT2D eigenvalue weighted by molar-refractivity contribution is 7.98. The second-order valence-corrected chi connectivity index (χ2v) is 6.77. The first-order valence-corrected chi connectivity index (χ1v) is 7.96. The molecule has 19 heavy (non-hydrogen) atoms. The van der Waals surface area contributed by atoms with Gasteiger partial charge in [-0.05, 0) is 35.6 Å². The van der Waals surface area contributed by atoms with Gasteiger partial charge in [-0.25, -0.2) is 0 Å². The molecule has 0 saturated carbocycles. The van der Waals surface area contributed by atoms with Crippen LogP contribution in [0.2, 0.25) is 0 Å². The summed E-state index contributed by atoms with van der Waals surface area (Å²) in [4.78, 5) is 1.45. The Morgan fingerprint density at radius 1 is 1.05 bits per heavy atom. The Bertz CT molecular complexity index is 598. The molecule has 0 aromatic heterocycles. The Hall–Kier alpha value is -1.21. The van der Waals surface area contributed by atoms with Crippen LogP contribution in [-0.2, 0) is 5.75 Å². The molecule has 0 aliphatic carbocycles. The molecule has 1 aliphatic rings. The van der Waals surface area contributed by atoms with Gasteiger partial charge in [-0.15, -0.1) is 11.8 Å². The molecule has 0 bridgehead atoms. The third kappa shape index (κ3) is 2.32. The summed E-state index contributed by atoms with van der Waals surface area (Å²) in [6.07, 6.45) is 0. The summed E-state index contributed by atoms with van der Waals surface area (Å²) in [5, 5.41) is 0. The summed E-state index contributed by atoms with van der Waals surface area (Å²) in [5.74, 6) is 2.25. The normalized spacial score (nSPS) is 17.8. The van der Waals surface area contributed by atoms with E-state index in [9.17, 15) is 0 Å². The van der Waals surface area contributed by atoms with Gasteiger partial charge >= 0.3 is 0 Å². The zero-order valence-corrected chi connectivity index (χ0v) is 12.6. The van der Waals surface area contributed by atoms with Crippen molar-refractivity contribution in [2.24, 2.45) is 5.92 Å². The lowest BCUT2D eigenvalue weighted by Gasteiger charge is -2.23. The highest BCUT2D eigenvalue weighted by atomic mass is 32.2. The Balaban J connectivity index is 2.21. The van der Waals surface area contributed by atoms with Crippen molar-refractivity contribution in [1.29, 1.82) is 0 Å². The van der Waals surface area contributed by atoms with Crippen molar-refractivity contribution in [3.8, 4) is 0 Å². The fourth-order valence-electron chi connectivity index (χ4n) is 3.07. The minimum absolute atomic E-state index is 0.529. The van der Waals surface area contributed by atoms with E-state index in [2.05, 4.69) is 63.2 Å². The van der Waals surface area contributed by atoms with Gasteiger partial charge in [-0.3, -0.25) is 0 Å².